The summed E-state index contributed by atoms with van der Waals surface area (Å²) in [5.74, 6) is 0. The quantitative estimate of drug-likeness (QED) is 0.180. The van der Waals surface area contributed by atoms with Gasteiger partial charge in [-0.2, -0.15) is 0 Å². The number of nitrogens with zero attached hydrogens (tertiary/aromatic N) is 2. The molecular weight excluding hydrogens is 593 g/mol. The first kappa shape index (κ1) is 28.8. The minimum Gasteiger partial charge on any atom is -0.309 e. The molecule has 0 amide bonds. The van der Waals surface area contributed by atoms with Crippen LogP contribution >= 0.6 is 0 Å². The summed E-state index contributed by atoms with van der Waals surface area (Å²) < 4.78 is 4.82. The molecule has 0 unspecified atom stereocenters. The van der Waals surface area contributed by atoms with Gasteiger partial charge in [-0.1, -0.05) is 140 Å². The van der Waals surface area contributed by atoms with Crippen molar-refractivity contribution in [2.45, 2.75) is 6.92 Å². The van der Waals surface area contributed by atoms with Crippen LogP contribution in [0.5, 0.6) is 0 Å². The van der Waals surface area contributed by atoms with Gasteiger partial charge in [0.2, 0.25) is 0 Å². The summed E-state index contributed by atoms with van der Waals surface area (Å²) in [7, 11) is 0. The Kier molecular flexibility index (Phi) is 6.88. The fourth-order valence-electron chi connectivity index (χ4n) is 7.67. The Morgan fingerprint density at radius 2 is 1.06 bits per heavy atom. The molecule has 2 nitrogen and oxygen atoms in total. The van der Waals surface area contributed by atoms with Crippen molar-refractivity contribution in [2.75, 3.05) is 0 Å². The van der Waals surface area contributed by atoms with Crippen molar-refractivity contribution >= 4 is 55.4 Å². The summed E-state index contributed by atoms with van der Waals surface area (Å²) in [5, 5.41) is 7.35. The third-order valence-corrected chi connectivity index (χ3v) is 9.88. The number of rotatable bonds is 5. The summed E-state index contributed by atoms with van der Waals surface area (Å²) >= 11 is 0. The molecule has 0 atom stereocenters. The van der Waals surface area contributed by atoms with Gasteiger partial charge in [0.25, 0.3) is 0 Å². The lowest BCUT2D eigenvalue weighted by atomic mass is 10.00. The van der Waals surface area contributed by atoms with Gasteiger partial charge in [-0.25, -0.2) is 0 Å². The van der Waals surface area contributed by atoms with Gasteiger partial charge in [0.15, 0.2) is 0 Å². The molecule has 2 heteroatoms. The first-order chi connectivity index (χ1) is 24.2. The number of hydrogen-bond donors (Lipinski definition) is 0. The number of aromatic nitrogens is 2. The van der Waals surface area contributed by atoms with E-state index in [0.717, 1.165) is 11.4 Å². The highest BCUT2D eigenvalue weighted by Crippen LogP contribution is 2.42. The molecule has 0 saturated carbocycles. The molecule has 0 aliphatic heterocycles. The summed E-state index contributed by atoms with van der Waals surface area (Å²) in [6.45, 7) is 6.41. The van der Waals surface area contributed by atoms with Crippen molar-refractivity contribution in [2.24, 2.45) is 0 Å². The minimum absolute atomic E-state index is 1.08. The second-order valence-electron chi connectivity index (χ2n) is 12.5. The number of allylic oxidation sites excluding steroid dienone is 1. The molecule has 0 N–H and O–H groups in total. The molecular formula is C47H34N2. The molecule has 232 valence electrons. The maximum atomic E-state index is 4.32. The zero-order chi connectivity index (χ0) is 32.9. The van der Waals surface area contributed by atoms with Crippen LogP contribution in [0, 0.1) is 0 Å². The average Bonchev–Trinajstić information content (AvgIpc) is 3.69. The molecule has 0 radical (unpaired) electrons. The van der Waals surface area contributed by atoms with E-state index in [1.54, 1.807) is 0 Å². The van der Waals surface area contributed by atoms with Crippen LogP contribution in [-0.2, 0) is 0 Å². The molecule has 0 spiro atoms. The van der Waals surface area contributed by atoms with Crippen LogP contribution in [-0.4, -0.2) is 9.13 Å². The largest absolute Gasteiger partial charge is 0.309 e. The maximum absolute atomic E-state index is 4.32. The monoisotopic (exact) mass is 626 g/mol. The fraction of sp³-hybridized carbons (Fsp3) is 0.0213. The average molecular weight is 627 g/mol. The van der Waals surface area contributed by atoms with E-state index >= 15 is 0 Å². The van der Waals surface area contributed by atoms with Crippen molar-refractivity contribution in [3.8, 4) is 27.9 Å². The topological polar surface area (TPSA) is 9.86 Å². The van der Waals surface area contributed by atoms with E-state index in [9.17, 15) is 0 Å². The molecule has 0 aliphatic rings. The van der Waals surface area contributed by atoms with Crippen LogP contribution in [0.4, 0.5) is 0 Å². The molecule has 9 aromatic rings. The Bertz CT molecular complexity index is 2830. The third-order valence-electron chi connectivity index (χ3n) is 9.88. The van der Waals surface area contributed by atoms with Crippen LogP contribution < -0.4 is 10.4 Å². The van der Waals surface area contributed by atoms with E-state index < -0.39 is 0 Å². The van der Waals surface area contributed by atoms with Gasteiger partial charge in [-0.05, 0) is 76.9 Å². The van der Waals surface area contributed by atoms with Gasteiger partial charge in [0, 0.05) is 32.5 Å². The first-order valence-corrected chi connectivity index (χ1v) is 16.9. The predicted molar refractivity (Wildman–Crippen MR) is 209 cm³/mol. The van der Waals surface area contributed by atoms with E-state index in [4.69, 9.17) is 0 Å². The van der Waals surface area contributed by atoms with E-state index in [-0.39, 0.29) is 0 Å². The summed E-state index contributed by atoms with van der Waals surface area (Å²) in [6.07, 6.45) is 4.17. The lowest BCUT2D eigenvalue weighted by Crippen LogP contribution is -2.27. The van der Waals surface area contributed by atoms with Gasteiger partial charge in [0.05, 0.1) is 27.8 Å². The normalized spacial score (nSPS) is 12.7. The van der Waals surface area contributed by atoms with Crippen LogP contribution in [0.2, 0.25) is 0 Å². The number of para-hydroxylation sites is 2. The van der Waals surface area contributed by atoms with Gasteiger partial charge >= 0.3 is 0 Å². The number of fused-ring (bicyclic) bond motifs is 7. The molecule has 49 heavy (non-hydrogen) atoms. The Morgan fingerprint density at radius 1 is 0.490 bits per heavy atom. The molecule has 9 rings (SSSR count). The minimum atomic E-state index is 1.08. The van der Waals surface area contributed by atoms with Gasteiger partial charge in [0.1, 0.15) is 0 Å². The van der Waals surface area contributed by atoms with E-state index in [1.807, 2.05) is 6.08 Å². The molecule has 0 fully saturated rings. The van der Waals surface area contributed by atoms with Gasteiger partial charge in [-0.3, -0.25) is 0 Å². The Hall–Kier alpha value is -6.38. The molecule has 0 aliphatic carbocycles. The van der Waals surface area contributed by atoms with Crippen molar-refractivity contribution in [3.05, 3.63) is 187 Å². The number of benzene rings is 7. The molecule has 2 aromatic heterocycles. The lowest BCUT2D eigenvalue weighted by molar-refractivity contribution is 1.18. The third kappa shape index (κ3) is 4.57. The molecule has 7 aromatic carbocycles. The summed E-state index contributed by atoms with van der Waals surface area (Å²) in [6, 6.07) is 59.1. The highest BCUT2D eigenvalue weighted by molar-refractivity contribution is 6.29. The fourth-order valence-corrected chi connectivity index (χ4v) is 7.67. The predicted octanol–water partition coefficient (Wildman–Crippen LogP) is 10.9. The molecule has 0 saturated heterocycles. The van der Waals surface area contributed by atoms with Crippen molar-refractivity contribution in [3.63, 3.8) is 0 Å². The van der Waals surface area contributed by atoms with Crippen LogP contribution in [0.15, 0.2) is 176 Å². The van der Waals surface area contributed by atoms with Crippen molar-refractivity contribution in [1.82, 2.24) is 9.13 Å². The van der Waals surface area contributed by atoms with E-state index in [0.29, 0.717) is 0 Å². The Balaban J connectivity index is 1.30. The second kappa shape index (κ2) is 11.7. The standard InChI is InChI=1S/C47H34N2/c1-3-32-15-8-9-20-38(32)41(4-2)49-43-24-13-11-22-40(43)47-45(49)30-29-44-46(47)39-21-10-12-23-42(39)48(44)37-19-14-18-36(31-37)35-27-25-34(26-28-35)33-16-6-5-7-17-33/h3-31H,2H2,1H3/b32-3-,41-38+. The highest BCUT2D eigenvalue weighted by atomic mass is 15.0. The maximum Gasteiger partial charge on any atom is 0.0549 e. The summed E-state index contributed by atoms with van der Waals surface area (Å²) in [4.78, 5) is 0. The van der Waals surface area contributed by atoms with Gasteiger partial charge < -0.3 is 9.13 Å². The second-order valence-corrected chi connectivity index (χ2v) is 12.5. The van der Waals surface area contributed by atoms with E-state index in [2.05, 4.69) is 193 Å². The molecule has 2 heterocycles. The van der Waals surface area contributed by atoms with Crippen molar-refractivity contribution < 1.29 is 0 Å². The first-order valence-electron chi connectivity index (χ1n) is 16.9. The van der Waals surface area contributed by atoms with E-state index in [1.165, 1.54) is 76.3 Å². The van der Waals surface area contributed by atoms with Crippen LogP contribution in [0.3, 0.4) is 0 Å². The Labute approximate surface area is 285 Å². The SMILES string of the molecule is C=C/C(=c1/cccc/c1=C/C)n1c2ccccc2c2c3c4ccccc4n(-c4cccc(-c5ccc(-c6ccccc6)cc5)c4)c3ccc21. The lowest BCUT2D eigenvalue weighted by Gasteiger charge is -2.12. The zero-order valence-electron chi connectivity index (χ0n) is 27.3. The number of hydrogen-bond acceptors (Lipinski definition) is 0. The van der Waals surface area contributed by atoms with Gasteiger partial charge in [-0.15, -0.1) is 0 Å². The molecule has 0 bridgehead atoms. The Morgan fingerprint density at radius 3 is 1.82 bits per heavy atom. The highest BCUT2D eigenvalue weighted by Gasteiger charge is 2.21. The van der Waals surface area contributed by atoms with Crippen molar-refractivity contribution in [1.29, 1.82) is 0 Å². The summed E-state index contributed by atoms with van der Waals surface area (Å²) in [5.41, 5.74) is 11.8. The zero-order valence-corrected chi connectivity index (χ0v) is 27.3. The van der Waals surface area contributed by atoms with Crippen LogP contribution in [0.25, 0.3) is 83.3 Å². The smallest absolute Gasteiger partial charge is 0.0549 e. The van der Waals surface area contributed by atoms with Crippen LogP contribution in [0.1, 0.15) is 6.92 Å².